The predicted octanol–water partition coefficient (Wildman–Crippen LogP) is 5.22. The molecule has 3 aromatic heterocycles. The highest BCUT2D eigenvalue weighted by Gasteiger charge is 2.42. The summed E-state index contributed by atoms with van der Waals surface area (Å²) in [6.07, 6.45) is 5.39. The van der Waals surface area contributed by atoms with E-state index in [2.05, 4.69) is 26.2 Å². The Morgan fingerprint density at radius 1 is 1.18 bits per heavy atom. The van der Waals surface area contributed by atoms with Crippen molar-refractivity contribution in [2.75, 3.05) is 37.1 Å². The van der Waals surface area contributed by atoms with E-state index in [0.29, 0.717) is 68.4 Å². The molecule has 208 valence electrons. The van der Waals surface area contributed by atoms with Crippen LogP contribution >= 0.6 is 23.2 Å². The Morgan fingerprint density at radius 3 is 2.50 bits per heavy atom. The summed E-state index contributed by atoms with van der Waals surface area (Å²) in [4.78, 5) is 10.5. The summed E-state index contributed by atoms with van der Waals surface area (Å²) in [6, 6.07) is 7.53. The summed E-state index contributed by atoms with van der Waals surface area (Å²) in [7, 11) is -1.57. The first-order chi connectivity index (χ1) is 18.9. The zero-order chi connectivity index (χ0) is 28.8. The molecule has 40 heavy (non-hydrogen) atoms. The second-order valence-electron chi connectivity index (χ2n) is 10.3. The molecule has 0 saturated carbocycles. The van der Waals surface area contributed by atoms with Crippen LogP contribution in [0.4, 0.5) is 5.82 Å². The van der Waals surface area contributed by atoms with Gasteiger partial charge in [0.15, 0.2) is 11.5 Å². The van der Waals surface area contributed by atoms with E-state index in [0.717, 1.165) is 5.39 Å². The van der Waals surface area contributed by atoms with Gasteiger partial charge in [-0.05, 0) is 19.1 Å². The zero-order valence-electron chi connectivity index (χ0n) is 22.2. The smallest absolute Gasteiger partial charge is 0.162 e. The van der Waals surface area contributed by atoms with Crippen LogP contribution in [-0.2, 0) is 9.84 Å². The molecule has 0 amide bonds. The van der Waals surface area contributed by atoms with Crippen LogP contribution in [0, 0.1) is 16.7 Å². The topological polar surface area (TPSA) is 134 Å². The molecular formula is C27H26Cl2N6O4S. The summed E-state index contributed by atoms with van der Waals surface area (Å²) in [6.45, 7) is 4.74. The van der Waals surface area contributed by atoms with Crippen LogP contribution in [0.3, 0.4) is 0 Å². The average molecular weight is 602 g/mol. The van der Waals surface area contributed by atoms with Crippen molar-refractivity contribution in [1.29, 1.82) is 5.26 Å². The number of H-pyrrole nitrogens is 1. The number of hydrogen-bond acceptors (Lipinski definition) is 9. The molecule has 0 unspecified atom stereocenters. The molecule has 1 aromatic carbocycles. The van der Waals surface area contributed by atoms with Gasteiger partial charge in [0, 0.05) is 65.9 Å². The van der Waals surface area contributed by atoms with E-state index >= 15 is 0 Å². The fraction of sp³-hybridized carbons (Fsp3) is 0.333. The Morgan fingerprint density at radius 2 is 1.88 bits per heavy atom. The number of nitriles is 1. The number of anilines is 1. The van der Waals surface area contributed by atoms with Crippen molar-refractivity contribution < 1.29 is 17.9 Å². The number of hydrogen-bond donors (Lipinski definition) is 1. The van der Waals surface area contributed by atoms with Gasteiger partial charge < -0.3 is 14.4 Å². The summed E-state index contributed by atoms with van der Waals surface area (Å²) < 4.78 is 35.4. The number of nitrogens with zero attached hydrogens (tertiary/aromatic N) is 5. The first-order valence-corrected chi connectivity index (χ1v) is 15.1. The number of sulfone groups is 1. The van der Waals surface area contributed by atoms with Crippen molar-refractivity contribution in [2.24, 2.45) is 5.41 Å². The molecular weight excluding hydrogens is 575 g/mol. The number of fused-ring (bicyclic) bond motifs is 1. The molecule has 1 atom stereocenters. The van der Waals surface area contributed by atoms with Crippen molar-refractivity contribution in [2.45, 2.75) is 20.0 Å². The lowest BCUT2D eigenvalue weighted by Crippen LogP contribution is -2.58. The molecule has 5 rings (SSSR count). The third kappa shape index (κ3) is 5.39. The van der Waals surface area contributed by atoms with Crippen LogP contribution < -0.4 is 14.4 Å². The maximum absolute atomic E-state index is 11.8. The number of aromatic amines is 1. The Bertz CT molecular complexity index is 1740. The zero-order valence-corrected chi connectivity index (χ0v) is 24.5. The van der Waals surface area contributed by atoms with Crippen LogP contribution in [-0.4, -0.2) is 60.8 Å². The van der Waals surface area contributed by atoms with E-state index in [4.69, 9.17) is 32.7 Å². The molecule has 1 N–H and O–H groups in total. The maximum atomic E-state index is 11.8. The van der Waals surface area contributed by atoms with E-state index in [-0.39, 0.29) is 11.2 Å². The summed E-state index contributed by atoms with van der Waals surface area (Å²) in [5, 5.41) is 18.9. The minimum absolute atomic E-state index is 0.0851. The predicted molar refractivity (Wildman–Crippen MR) is 154 cm³/mol. The lowest BCUT2D eigenvalue weighted by Gasteiger charge is -2.48. The summed E-state index contributed by atoms with van der Waals surface area (Å²) >= 11 is 12.7. The standard InChI is InChI=1S/C27H26Cl2N6O4S/c1-15(24-19(28)10-31-11-20(24)29)39-23-6-18-21(7-22(23)38-3)33-34-25(18)17-5-16(8-30)26(32-9-17)35-12-27(2,13-35)14-40(4,36)37/h5-7,9-11,15H,12-14H2,1-4H3,(H,33,34)/t15-/m0/s1. The van der Waals surface area contributed by atoms with Gasteiger partial charge in [0.2, 0.25) is 0 Å². The maximum Gasteiger partial charge on any atom is 0.162 e. The van der Waals surface area contributed by atoms with E-state index in [1.165, 1.54) is 18.6 Å². The monoisotopic (exact) mass is 600 g/mol. The third-order valence-corrected chi connectivity index (χ3v) is 8.59. The van der Waals surface area contributed by atoms with Crippen LogP contribution in [0.5, 0.6) is 11.5 Å². The van der Waals surface area contributed by atoms with Gasteiger partial charge in [-0.25, -0.2) is 13.4 Å². The molecule has 0 bridgehead atoms. The number of rotatable bonds is 8. The molecule has 1 fully saturated rings. The molecule has 1 aliphatic rings. The largest absolute Gasteiger partial charge is 0.493 e. The van der Waals surface area contributed by atoms with Gasteiger partial charge in [-0.15, -0.1) is 0 Å². The number of benzene rings is 1. The van der Waals surface area contributed by atoms with Crippen molar-refractivity contribution in [3.8, 4) is 28.8 Å². The Labute approximate surface area is 241 Å². The van der Waals surface area contributed by atoms with Crippen molar-refractivity contribution in [1.82, 2.24) is 20.2 Å². The van der Waals surface area contributed by atoms with Gasteiger partial charge in [0.25, 0.3) is 0 Å². The average Bonchev–Trinajstić information content (AvgIpc) is 3.28. The molecule has 0 spiro atoms. The van der Waals surface area contributed by atoms with Crippen LogP contribution in [0.25, 0.3) is 22.2 Å². The number of ether oxygens (including phenoxy) is 2. The molecule has 0 radical (unpaired) electrons. The number of nitrogens with one attached hydrogen (secondary N) is 1. The van der Waals surface area contributed by atoms with Crippen molar-refractivity contribution >= 4 is 49.8 Å². The number of pyridine rings is 2. The van der Waals surface area contributed by atoms with Crippen molar-refractivity contribution in [3.63, 3.8) is 0 Å². The van der Waals surface area contributed by atoms with Crippen LogP contribution in [0.15, 0.2) is 36.8 Å². The summed E-state index contributed by atoms with van der Waals surface area (Å²) in [5.74, 6) is 1.53. The molecule has 1 saturated heterocycles. The number of methoxy groups -OCH3 is 1. The fourth-order valence-corrected chi connectivity index (χ4v) is 7.35. The first-order valence-electron chi connectivity index (χ1n) is 12.3. The Kier molecular flexibility index (Phi) is 7.29. The molecule has 1 aliphatic heterocycles. The minimum Gasteiger partial charge on any atom is -0.493 e. The second kappa shape index (κ2) is 10.4. The lowest BCUT2D eigenvalue weighted by atomic mass is 9.84. The van der Waals surface area contributed by atoms with Crippen LogP contribution in [0.1, 0.15) is 31.1 Å². The third-order valence-electron chi connectivity index (χ3n) is 6.76. The molecule has 10 nitrogen and oxygen atoms in total. The number of aromatic nitrogens is 4. The molecule has 13 heteroatoms. The second-order valence-corrected chi connectivity index (χ2v) is 13.3. The lowest BCUT2D eigenvalue weighted by molar-refractivity contribution is 0.216. The van der Waals surface area contributed by atoms with E-state index in [1.54, 1.807) is 31.5 Å². The Balaban J connectivity index is 1.46. The quantitative estimate of drug-likeness (QED) is 0.289. The van der Waals surface area contributed by atoms with Gasteiger partial charge in [-0.1, -0.05) is 30.1 Å². The Hall–Kier alpha value is -3.59. The van der Waals surface area contributed by atoms with E-state index in [1.807, 2.05) is 18.7 Å². The highest BCUT2D eigenvalue weighted by atomic mass is 35.5. The highest BCUT2D eigenvalue weighted by Crippen LogP contribution is 2.41. The number of halogens is 2. The van der Waals surface area contributed by atoms with Crippen molar-refractivity contribution in [3.05, 3.63) is 58.0 Å². The van der Waals surface area contributed by atoms with Gasteiger partial charge in [0.05, 0.1) is 34.0 Å². The highest BCUT2D eigenvalue weighted by molar-refractivity contribution is 7.90. The van der Waals surface area contributed by atoms with E-state index in [9.17, 15) is 13.7 Å². The molecule has 0 aliphatic carbocycles. The van der Waals surface area contributed by atoms with Gasteiger partial charge >= 0.3 is 0 Å². The minimum atomic E-state index is -3.12. The van der Waals surface area contributed by atoms with Gasteiger partial charge in [-0.2, -0.15) is 10.4 Å². The molecule has 4 aromatic rings. The van der Waals surface area contributed by atoms with E-state index < -0.39 is 15.9 Å². The molecule has 4 heterocycles. The SMILES string of the molecule is COc1cc2[nH]nc(-c3cnc(N4CC(C)(CS(C)(=O)=O)C4)c(C#N)c3)c2cc1O[C@@H](C)c1c(Cl)cncc1Cl. The van der Waals surface area contributed by atoms with Gasteiger partial charge in [0.1, 0.15) is 33.5 Å². The normalized spacial score (nSPS) is 15.4. The summed E-state index contributed by atoms with van der Waals surface area (Å²) in [5.41, 5.74) is 2.51. The first kappa shape index (κ1) is 28.0. The van der Waals surface area contributed by atoms with Gasteiger partial charge in [-0.3, -0.25) is 10.1 Å². The fourth-order valence-electron chi connectivity index (χ4n) is 5.23. The van der Waals surface area contributed by atoms with Crippen LogP contribution in [0.2, 0.25) is 10.0 Å².